The number of hydrogen-bond acceptors (Lipinski definition) is 5. The third kappa shape index (κ3) is 2.59. The van der Waals surface area contributed by atoms with Crippen LogP contribution in [0.4, 0.5) is 0 Å². The van der Waals surface area contributed by atoms with Crippen molar-refractivity contribution in [1.82, 2.24) is 9.80 Å². The average Bonchev–Trinajstić information content (AvgIpc) is 3.23. The van der Waals surface area contributed by atoms with Gasteiger partial charge in [0, 0.05) is 32.1 Å². The van der Waals surface area contributed by atoms with Crippen molar-refractivity contribution in [3.05, 3.63) is 0 Å². The molecule has 25 heavy (non-hydrogen) atoms. The number of nitrogens with zero attached hydrogens (tertiary/aromatic N) is 2. The predicted molar refractivity (Wildman–Crippen MR) is 89.2 cm³/mol. The summed E-state index contributed by atoms with van der Waals surface area (Å²) in [5, 5.41) is 0. The fourth-order valence-corrected chi connectivity index (χ4v) is 4.95. The predicted octanol–water partition coefficient (Wildman–Crippen LogP) is 0.125. The van der Waals surface area contributed by atoms with Crippen molar-refractivity contribution < 1.29 is 19.1 Å². The number of carbonyl (C=O) groups excluding carboxylic acids is 3. The molecule has 7 heteroatoms. The zero-order valence-corrected chi connectivity index (χ0v) is 14.9. The molecular weight excluding hydrogens is 322 g/mol. The maximum atomic E-state index is 12.6. The minimum absolute atomic E-state index is 0.00291. The van der Waals surface area contributed by atoms with Crippen LogP contribution in [0.2, 0.25) is 0 Å². The van der Waals surface area contributed by atoms with E-state index in [2.05, 4.69) is 13.8 Å². The largest absolute Gasteiger partial charge is 0.373 e. The van der Waals surface area contributed by atoms with Crippen LogP contribution in [0.15, 0.2) is 0 Å². The highest BCUT2D eigenvalue weighted by Crippen LogP contribution is 2.48. The summed E-state index contributed by atoms with van der Waals surface area (Å²) in [7, 11) is 0. The van der Waals surface area contributed by atoms with Crippen LogP contribution in [-0.2, 0) is 19.1 Å². The van der Waals surface area contributed by atoms with Crippen molar-refractivity contribution >= 4 is 17.7 Å². The molecule has 2 bridgehead atoms. The number of amides is 3. The number of fused-ring (bicyclic) bond motifs is 5. The van der Waals surface area contributed by atoms with Crippen LogP contribution < -0.4 is 5.73 Å². The van der Waals surface area contributed by atoms with Crippen LogP contribution in [0.5, 0.6) is 0 Å². The molecule has 4 aliphatic rings. The van der Waals surface area contributed by atoms with Gasteiger partial charge in [-0.05, 0) is 24.7 Å². The van der Waals surface area contributed by atoms with E-state index in [-0.39, 0.29) is 66.2 Å². The molecule has 4 fully saturated rings. The van der Waals surface area contributed by atoms with Crippen molar-refractivity contribution in [2.75, 3.05) is 19.6 Å². The summed E-state index contributed by atoms with van der Waals surface area (Å²) in [6.45, 7) is 5.60. The number of nitrogens with two attached hydrogens (primary N) is 1. The van der Waals surface area contributed by atoms with Crippen LogP contribution in [0.3, 0.4) is 0 Å². The van der Waals surface area contributed by atoms with E-state index in [4.69, 9.17) is 10.5 Å². The molecule has 2 N–H and O–H groups in total. The fraction of sp³-hybridized carbons (Fsp3) is 0.833. The first-order chi connectivity index (χ1) is 11.8. The summed E-state index contributed by atoms with van der Waals surface area (Å²) in [6.07, 6.45) is 2.50. The second-order valence-corrected chi connectivity index (χ2v) is 8.62. The lowest BCUT2D eigenvalue weighted by Gasteiger charge is -2.42. The topological polar surface area (TPSA) is 92.9 Å². The lowest BCUT2D eigenvalue weighted by Crippen LogP contribution is -2.54. The number of carbonyl (C=O) groups is 3. The second-order valence-electron chi connectivity index (χ2n) is 8.62. The van der Waals surface area contributed by atoms with Crippen LogP contribution in [-0.4, -0.2) is 65.4 Å². The molecule has 7 nitrogen and oxygen atoms in total. The minimum atomic E-state index is -0.312. The molecule has 4 rings (SSSR count). The van der Waals surface area contributed by atoms with Crippen molar-refractivity contribution in [2.24, 2.45) is 23.0 Å². The number of piperidine rings is 1. The van der Waals surface area contributed by atoms with E-state index in [0.717, 1.165) is 19.3 Å². The fourth-order valence-electron chi connectivity index (χ4n) is 4.95. The second kappa shape index (κ2) is 5.77. The molecule has 4 heterocycles. The average molecular weight is 349 g/mol. The van der Waals surface area contributed by atoms with E-state index < -0.39 is 0 Å². The van der Waals surface area contributed by atoms with Crippen LogP contribution in [0, 0.1) is 17.3 Å². The zero-order chi connectivity index (χ0) is 17.9. The lowest BCUT2D eigenvalue weighted by molar-refractivity contribution is -0.143. The number of imide groups is 1. The van der Waals surface area contributed by atoms with Gasteiger partial charge in [-0.1, -0.05) is 13.8 Å². The monoisotopic (exact) mass is 349 g/mol. The van der Waals surface area contributed by atoms with Gasteiger partial charge in [0.1, 0.15) is 0 Å². The van der Waals surface area contributed by atoms with Gasteiger partial charge in [0.2, 0.25) is 17.7 Å². The first-order valence-electron chi connectivity index (χ1n) is 9.33. The maximum absolute atomic E-state index is 12.6. The summed E-state index contributed by atoms with van der Waals surface area (Å²) in [4.78, 5) is 40.9. The molecule has 138 valence electrons. The van der Waals surface area contributed by atoms with Gasteiger partial charge in [0.05, 0.1) is 24.0 Å². The quantitative estimate of drug-likeness (QED) is 0.731. The van der Waals surface area contributed by atoms with E-state index in [1.165, 1.54) is 4.90 Å². The van der Waals surface area contributed by atoms with Crippen molar-refractivity contribution in [3.63, 3.8) is 0 Å². The molecule has 0 saturated carbocycles. The molecule has 0 aromatic rings. The Labute approximate surface area is 147 Å². The summed E-state index contributed by atoms with van der Waals surface area (Å²) < 4.78 is 5.73. The number of ether oxygens (including phenoxy) is 1. The van der Waals surface area contributed by atoms with Gasteiger partial charge in [-0.2, -0.15) is 0 Å². The summed E-state index contributed by atoms with van der Waals surface area (Å²) >= 11 is 0. The van der Waals surface area contributed by atoms with Gasteiger partial charge in [-0.3, -0.25) is 19.3 Å². The molecule has 0 aliphatic carbocycles. The minimum Gasteiger partial charge on any atom is -0.373 e. The van der Waals surface area contributed by atoms with E-state index >= 15 is 0 Å². The Bertz CT molecular complexity index is 591. The standard InChI is InChI=1S/C18H27N3O4/c1-18(2)9-20(7-5-12(18)19)13(22)6-8-21-16(23)14-10-3-4-11(25-10)15(14)17(21)24/h10-12,14-15H,3-9,19H2,1-2H3. The van der Waals surface area contributed by atoms with Gasteiger partial charge >= 0.3 is 0 Å². The molecular formula is C18H27N3O4. The van der Waals surface area contributed by atoms with E-state index in [9.17, 15) is 14.4 Å². The van der Waals surface area contributed by atoms with Crippen LogP contribution in [0.25, 0.3) is 0 Å². The van der Waals surface area contributed by atoms with Crippen molar-refractivity contribution in [2.45, 2.75) is 57.8 Å². The molecule has 4 aliphatic heterocycles. The van der Waals surface area contributed by atoms with Gasteiger partial charge in [-0.15, -0.1) is 0 Å². The lowest BCUT2D eigenvalue weighted by atomic mass is 9.79. The third-order valence-corrected chi connectivity index (χ3v) is 6.59. The first-order valence-corrected chi connectivity index (χ1v) is 9.33. The summed E-state index contributed by atoms with van der Waals surface area (Å²) in [5.41, 5.74) is 6.01. The number of rotatable bonds is 3. The Morgan fingerprint density at radius 3 is 2.32 bits per heavy atom. The zero-order valence-electron chi connectivity index (χ0n) is 14.9. The molecule has 0 spiro atoms. The Hall–Kier alpha value is -1.47. The Morgan fingerprint density at radius 1 is 1.16 bits per heavy atom. The Balaban J connectivity index is 1.36. The third-order valence-electron chi connectivity index (χ3n) is 6.59. The SMILES string of the molecule is CC1(C)CN(C(=O)CCN2C(=O)C3C4CCC(O4)C3C2=O)CCC1N. The van der Waals surface area contributed by atoms with Gasteiger partial charge in [0.15, 0.2) is 0 Å². The summed E-state index contributed by atoms with van der Waals surface area (Å²) in [5.74, 6) is -0.912. The normalized spacial score (nSPS) is 39.2. The van der Waals surface area contributed by atoms with Crippen LogP contribution in [0.1, 0.15) is 39.5 Å². The van der Waals surface area contributed by atoms with Crippen LogP contribution >= 0.6 is 0 Å². The van der Waals surface area contributed by atoms with Gasteiger partial charge in [0.25, 0.3) is 0 Å². The molecule has 5 atom stereocenters. The Kier molecular flexibility index (Phi) is 3.92. The van der Waals surface area contributed by atoms with E-state index in [1.807, 2.05) is 4.90 Å². The number of likely N-dealkylation sites (tertiary alicyclic amines) is 2. The highest BCUT2D eigenvalue weighted by atomic mass is 16.5. The highest BCUT2D eigenvalue weighted by Gasteiger charge is 2.62. The van der Waals surface area contributed by atoms with E-state index in [1.54, 1.807) is 0 Å². The molecule has 0 aromatic heterocycles. The molecule has 3 amide bonds. The maximum Gasteiger partial charge on any atom is 0.235 e. The van der Waals surface area contributed by atoms with E-state index in [0.29, 0.717) is 13.1 Å². The Morgan fingerprint density at radius 2 is 1.76 bits per heavy atom. The molecule has 4 saturated heterocycles. The molecule has 5 unspecified atom stereocenters. The molecule has 0 aromatic carbocycles. The number of hydrogen-bond donors (Lipinski definition) is 1. The summed E-state index contributed by atoms with van der Waals surface area (Å²) in [6, 6.07) is 0.0909. The highest BCUT2D eigenvalue weighted by molar-refractivity contribution is 6.06. The molecule has 0 radical (unpaired) electrons. The van der Waals surface area contributed by atoms with Gasteiger partial charge in [-0.25, -0.2) is 0 Å². The van der Waals surface area contributed by atoms with Crippen molar-refractivity contribution in [3.8, 4) is 0 Å². The van der Waals surface area contributed by atoms with Gasteiger partial charge < -0.3 is 15.4 Å². The van der Waals surface area contributed by atoms with Crippen molar-refractivity contribution in [1.29, 1.82) is 0 Å². The smallest absolute Gasteiger partial charge is 0.235 e. The first kappa shape index (κ1) is 17.0.